The highest BCUT2D eigenvalue weighted by Crippen LogP contribution is 2.31. The summed E-state index contributed by atoms with van der Waals surface area (Å²) >= 11 is 0. The maximum atomic E-state index is 11.0. The molecule has 1 fully saturated rings. The van der Waals surface area contributed by atoms with Crippen LogP contribution in [-0.2, 0) is 0 Å². The van der Waals surface area contributed by atoms with Crippen molar-refractivity contribution in [3.63, 3.8) is 0 Å². The van der Waals surface area contributed by atoms with E-state index in [1.54, 1.807) is 12.3 Å². The van der Waals surface area contributed by atoms with Crippen molar-refractivity contribution in [1.82, 2.24) is 4.98 Å². The molecule has 1 aromatic heterocycles. The van der Waals surface area contributed by atoms with Gasteiger partial charge in [-0.1, -0.05) is 13.3 Å². The van der Waals surface area contributed by atoms with Crippen LogP contribution >= 0.6 is 0 Å². The zero-order valence-electron chi connectivity index (χ0n) is 11.7. The molecule has 1 aliphatic carbocycles. The summed E-state index contributed by atoms with van der Waals surface area (Å²) in [5.41, 5.74) is 1.07. The van der Waals surface area contributed by atoms with Crippen LogP contribution in [0.15, 0.2) is 18.3 Å². The van der Waals surface area contributed by atoms with Crippen molar-refractivity contribution in [2.75, 3.05) is 11.9 Å². The summed E-state index contributed by atoms with van der Waals surface area (Å²) in [6, 6.07) is 4.07. The predicted molar refractivity (Wildman–Crippen MR) is 75.6 cm³/mol. The second-order valence-electron chi connectivity index (χ2n) is 5.40. The van der Waals surface area contributed by atoms with Crippen molar-refractivity contribution in [2.24, 2.45) is 5.92 Å². The van der Waals surface area contributed by atoms with Crippen LogP contribution in [0.3, 0.4) is 0 Å². The topological polar surface area (TPSA) is 53.4 Å². The number of rotatable bonds is 4. The van der Waals surface area contributed by atoms with Crippen LogP contribution in [0, 0.1) is 5.92 Å². The van der Waals surface area contributed by atoms with Crippen LogP contribution in [0.2, 0.25) is 0 Å². The van der Waals surface area contributed by atoms with Crippen molar-refractivity contribution in [2.45, 2.75) is 45.1 Å². The second-order valence-corrected chi connectivity index (χ2v) is 5.40. The van der Waals surface area contributed by atoms with E-state index in [9.17, 15) is 4.79 Å². The summed E-state index contributed by atoms with van der Waals surface area (Å²) in [5, 5.41) is 8.99. The average molecular weight is 262 g/mol. The van der Waals surface area contributed by atoms with Gasteiger partial charge in [-0.3, -0.25) is 0 Å². The number of carbonyl (C=O) groups is 1. The SMILES string of the molecule is CCC1CCC(N(C)c2ccnc(C(=O)O)c2)CC1. The lowest BCUT2D eigenvalue weighted by atomic mass is 9.84. The first-order chi connectivity index (χ1) is 9.11. The van der Waals surface area contributed by atoms with Gasteiger partial charge in [0.05, 0.1) is 0 Å². The third kappa shape index (κ3) is 3.25. The van der Waals surface area contributed by atoms with Gasteiger partial charge < -0.3 is 10.0 Å². The maximum Gasteiger partial charge on any atom is 0.354 e. The molecule has 1 aliphatic rings. The smallest absolute Gasteiger partial charge is 0.354 e. The van der Waals surface area contributed by atoms with Gasteiger partial charge in [-0.15, -0.1) is 0 Å². The Morgan fingerprint density at radius 3 is 2.68 bits per heavy atom. The molecule has 0 amide bonds. The van der Waals surface area contributed by atoms with Gasteiger partial charge >= 0.3 is 5.97 Å². The van der Waals surface area contributed by atoms with Crippen molar-refractivity contribution in [3.8, 4) is 0 Å². The lowest BCUT2D eigenvalue weighted by Gasteiger charge is -2.35. The van der Waals surface area contributed by atoms with Gasteiger partial charge in [-0.25, -0.2) is 9.78 Å². The van der Waals surface area contributed by atoms with Gasteiger partial charge in [-0.2, -0.15) is 0 Å². The quantitative estimate of drug-likeness (QED) is 0.905. The predicted octanol–water partition coefficient (Wildman–Crippen LogP) is 3.18. The van der Waals surface area contributed by atoms with Gasteiger partial charge in [0.15, 0.2) is 0 Å². The van der Waals surface area contributed by atoms with E-state index >= 15 is 0 Å². The first kappa shape index (κ1) is 13.8. The summed E-state index contributed by atoms with van der Waals surface area (Å²) in [4.78, 5) is 17.0. The Hall–Kier alpha value is -1.58. The molecule has 0 unspecified atom stereocenters. The molecule has 4 heteroatoms. The summed E-state index contributed by atoms with van der Waals surface area (Å²) in [6.07, 6.45) is 7.80. The van der Waals surface area contributed by atoms with Gasteiger partial charge in [0.25, 0.3) is 0 Å². The van der Waals surface area contributed by atoms with Crippen molar-refractivity contribution in [1.29, 1.82) is 0 Å². The number of hydrogen-bond acceptors (Lipinski definition) is 3. The molecule has 0 aromatic carbocycles. The number of aromatic nitrogens is 1. The molecule has 1 saturated carbocycles. The number of hydrogen-bond donors (Lipinski definition) is 1. The Balaban J connectivity index is 2.05. The zero-order valence-corrected chi connectivity index (χ0v) is 11.7. The van der Waals surface area contributed by atoms with E-state index in [0.29, 0.717) is 6.04 Å². The minimum Gasteiger partial charge on any atom is -0.477 e. The second kappa shape index (κ2) is 6.04. The van der Waals surface area contributed by atoms with E-state index in [4.69, 9.17) is 5.11 Å². The molecule has 0 atom stereocenters. The molecule has 1 heterocycles. The van der Waals surface area contributed by atoms with Crippen LogP contribution in [0.4, 0.5) is 5.69 Å². The summed E-state index contributed by atoms with van der Waals surface area (Å²) in [6.45, 7) is 2.26. The molecule has 1 N–H and O–H groups in total. The number of pyridine rings is 1. The molecule has 104 valence electrons. The third-order valence-electron chi connectivity index (χ3n) is 4.31. The standard InChI is InChI=1S/C15H22N2O2/c1-3-11-4-6-12(7-5-11)17(2)13-8-9-16-14(10-13)15(18)19/h8-12H,3-7H2,1-2H3,(H,18,19). The summed E-state index contributed by atoms with van der Waals surface area (Å²) in [5.74, 6) is -0.0957. The van der Waals surface area contributed by atoms with E-state index in [1.165, 1.54) is 32.1 Å². The first-order valence-electron chi connectivity index (χ1n) is 7.04. The monoisotopic (exact) mass is 262 g/mol. The molecule has 0 aliphatic heterocycles. The molecule has 0 saturated heterocycles. The van der Waals surface area contributed by atoms with Crippen molar-refractivity contribution < 1.29 is 9.90 Å². The van der Waals surface area contributed by atoms with Crippen LogP contribution in [0.25, 0.3) is 0 Å². The van der Waals surface area contributed by atoms with Gasteiger partial charge in [-0.05, 0) is 43.7 Å². The maximum absolute atomic E-state index is 11.0. The molecule has 0 spiro atoms. The van der Waals surface area contributed by atoms with E-state index in [-0.39, 0.29) is 5.69 Å². The van der Waals surface area contributed by atoms with Crippen LogP contribution in [-0.4, -0.2) is 29.1 Å². The molecule has 0 bridgehead atoms. The fourth-order valence-corrected chi connectivity index (χ4v) is 2.91. The Kier molecular flexibility index (Phi) is 4.40. The Morgan fingerprint density at radius 1 is 1.42 bits per heavy atom. The lowest BCUT2D eigenvalue weighted by Crippen LogP contribution is -2.35. The molecular weight excluding hydrogens is 240 g/mol. The van der Waals surface area contributed by atoms with E-state index < -0.39 is 5.97 Å². The number of nitrogens with zero attached hydrogens (tertiary/aromatic N) is 2. The molecule has 19 heavy (non-hydrogen) atoms. The number of anilines is 1. The third-order valence-corrected chi connectivity index (χ3v) is 4.31. The van der Waals surface area contributed by atoms with Crippen LogP contribution in [0.1, 0.15) is 49.5 Å². The zero-order chi connectivity index (χ0) is 13.8. The van der Waals surface area contributed by atoms with Gasteiger partial charge in [0, 0.05) is 25.0 Å². The molecule has 1 aromatic rings. The summed E-state index contributed by atoms with van der Waals surface area (Å²) < 4.78 is 0. The highest BCUT2D eigenvalue weighted by Gasteiger charge is 2.23. The number of carboxylic acid groups (broad SMARTS) is 1. The lowest BCUT2D eigenvalue weighted by molar-refractivity contribution is 0.0690. The highest BCUT2D eigenvalue weighted by molar-refractivity contribution is 5.86. The van der Waals surface area contributed by atoms with E-state index in [0.717, 1.165) is 11.6 Å². The number of carboxylic acids is 1. The largest absolute Gasteiger partial charge is 0.477 e. The van der Waals surface area contributed by atoms with Gasteiger partial charge in [0.2, 0.25) is 0 Å². The van der Waals surface area contributed by atoms with Crippen molar-refractivity contribution in [3.05, 3.63) is 24.0 Å². The van der Waals surface area contributed by atoms with Crippen molar-refractivity contribution >= 4 is 11.7 Å². The molecule has 0 radical (unpaired) electrons. The average Bonchev–Trinajstić information content (AvgIpc) is 2.46. The Bertz CT molecular complexity index is 440. The minimum absolute atomic E-state index is 0.117. The fraction of sp³-hybridized carbons (Fsp3) is 0.600. The molecule has 4 nitrogen and oxygen atoms in total. The first-order valence-corrected chi connectivity index (χ1v) is 7.04. The minimum atomic E-state index is -0.968. The fourth-order valence-electron chi connectivity index (χ4n) is 2.91. The van der Waals surface area contributed by atoms with E-state index in [1.807, 2.05) is 6.07 Å². The van der Waals surface area contributed by atoms with Gasteiger partial charge in [0.1, 0.15) is 5.69 Å². The normalized spacial score (nSPS) is 23.1. The van der Waals surface area contributed by atoms with Crippen LogP contribution < -0.4 is 4.90 Å². The summed E-state index contributed by atoms with van der Waals surface area (Å²) in [7, 11) is 2.05. The Labute approximate surface area is 114 Å². The molecular formula is C15H22N2O2. The molecule has 2 rings (SSSR count). The Morgan fingerprint density at radius 2 is 2.11 bits per heavy atom. The highest BCUT2D eigenvalue weighted by atomic mass is 16.4. The van der Waals surface area contributed by atoms with E-state index in [2.05, 4.69) is 23.9 Å². The number of aromatic carboxylic acids is 1. The van der Waals surface area contributed by atoms with Crippen LogP contribution in [0.5, 0.6) is 0 Å².